The molecule has 33 heavy (non-hydrogen) atoms. The van der Waals surface area contributed by atoms with Crippen molar-refractivity contribution in [1.29, 1.82) is 5.53 Å². The number of halogens is 1. The number of rotatable bonds is 5. The lowest BCUT2D eigenvalue weighted by Crippen LogP contribution is -2.35. The van der Waals surface area contributed by atoms with Crippen LogP contribution in [0.1, 0.15) is 28.9 Å². The van der Waals surface area contributed by atoms with Crippen LogP contribution < -0.4 is 9.62 Å². The Hall–Kier alpha value is -3.60. The lowest BCUT2D eigenvalue weighted by Gasteiger charge is -2.23. The third-order valence-electron chi connectivity index (χ3n) is 5.48. The lowest BCUT2D eigenvalue weighted by atomic mass is 10.00. The maximum atomic E-state index is 13.5. The summed E-state index contributed by atoms with van der Waals surface area (Å²) in [5.74, 6) is -0.569. The average Bonchev–Trinajstić information content (AvgIpc) is 3.07. The van der Waals surface area contributed by atoms with Gasteiger partial charge in [0.25, 0.3) is 5.91 Å². The average molecular weight is 472 g/mol. The van der Waals surface area contributed by atoms with Crippen LogP contribution >= 0.6 is 0 Å². The van der Waals surface area contributed by atoms with Crippen molar-refractivity contribution in [1.82, 2.24) is 5.32 Å². The van der Waals surface area contributed by atoms with Gasteiger partial charge in [-0.3, -0.25) is 14.1 Å². The molecule has 1 amide bonds. The van der Waals surface area contributed by atoms with Crippen LogP contribution in [0.15, 0.2) is 50.9 Å². The van der Waals surface area contributed by atoms with Crippen molar-refractivity contribution in [3.05, 3.63) is 53.3 Å². The molecule has 3 aromatic rings. The van der Waals surface area contributed by atoms with E-state index in [0.717, 1.165) is 6.26 Å². The number of carbonyl (C=O) groups is 1. The fraction of sp³-hybridized carbons (Fsp3) is 0.273. The minimum atomic E-state index is -3.70. The molecule has 172 valence electrons. The van der Waals surface area contributed by atoms with E-state index in [1.54, 1.807) is 19.1 Å². The van der Waals surface area contributed by atoms with Crippen molar-refractivity contribution in [2.75, 3.05) is 30.7 Å². The van der Waals surface area contributed by atoms with Gasteiger partial charge in [0.1, 0.15) is 17.2 Å². The number of benzene rings is 2. The van der Waals surface area contributed by atoms with Crippen molar-refractivity contribution in [2.45, 2.75) is 13.0 Å². The normalized spacial score (nSPS) is 16.2. The minimum absolute atomic E-state index is 0.0152. The molecule has 2 N–H and O–H groups in total. The van der Waals surface area contributed by atoms with Crippen molar-refractivity contribution < 1.29 is 22.0 Å². The predicted octanol–water partition coefficient (Wildman–Crippen LogP) is 3.91. The van der Waals surface area contributed by atoms with Crippen LogP contribution in [0.25, 0.3) is 22.3 Å². The maximum Gasteiger partial charge on any atom is 0.255 e. The van der Waals surface area contributed by atoms with Crippen LogP contribution in [-0.4, -0.2) is 46.4 Å². The summed E-state index contributed by atoms with van der Waals surface area (Å²) in [4.78, 5) is 17.4. The molecule has 0 saturated heterocycles. The first-order chi connectivity index (χ1) is 15.6. The van der Waals surface area contributed by atoms with Crippen LogP contribution in [0, 0.1) is 11.3 Å². The highest BCUT2D eigenvalue weighted by Crippen LogP contribution is 2.41. The molecule has 0 radical (unpaired) electrons. The van der Waals surface area contributed by atoms with Crippen LogP contribution in [-0.2, 0) is 10.0 Å². The number of aliphatic imine (C=N–C) groups is 1. The lowest BCUT2D eigenvalue weighted by molar-refractivity contribution is 0.0964. The highest BCUT2D eigenvalue weighted by molar-refractivity contribution is 7.92. The summed E-state index contributed by atoms with van der Waals surface area (Å²) >= 11 is 0. The molecule has 2 heterocycles. The molecule has 0 aliphatic carbocycles. The molecular weight excluding hydrogens is 449 g/mol. The second-order valence-corrected chi connectivity index (χ2v) is 9.66. The largest absolute Gasteiger partial charge is 0.455 e. The van der Waals surface area contributed by atoms with Gasteiger partial charge in [0, 0.05) is 29.6 Å². The summed E-state index contributed by atoms with van der Waals surface area (Å²) in [6.45, 7) is 1.75. The Morgan fingerprint density at radius 3 is 2.64 bits per heavy atom. The van der Waals surface area contributed by atoms with Gasteiger partial charge in [0.15, 0.2) is 0 Å². The van der Waals surface area contributed by atoms with Crippen molar-refractivity contribution in [2.24, 2.45) is 10.1 Å². The Kier molecular flexibility index (Phi) is 5.75. The van der Waals surface area contributed by atoms with E-state index in [0.29, 0.717) is 33.5 Å². The van der Waals surface area contributed by atoms with E-state index in [2.05, 4.69) is 15.4 Å². The first-order valence-electron chi connectivity index (χ1n) is 10.1. The molecule has 1 aliphatic heterocycles. The summed E-state index contributed by atoms with van der Waals surface area (Å²) in [7, 11) is -2.21. The van der Waals surface area contributed by atoms with E-state index in [9.17, 15) is 17.6 Å². The molecule has 1 unspecified atom stereocenters. The van der Waals surface area contributed by atoms with E-state index >= 15 is 0 Å². The topological polar surface area (TPSA) is 128 Å². The summed E-state index contributed by atoms with van der Waals surface area (Å²) in [6, 6.07) is 8.40. The number of nitrogens with zero attached hydrogens (tertiary/aromatic N) is 3. The van der Waals surface area contributed by atoms with Gasteiger partial charge in [-0.1, -0.05) is 0 Å². The molecule has 0 fully saturated rings. The van der Waals surface area contributed by atoms with E-state index < -0.39 is 27.8 Å². The number of anilines is 1. The van der Waals surface area contributed by atoms with Gasteiger partial charge in [-0.25, -0.2) is 18.3 Å². The molecule has 1 aromatic heterocycles. The number of amides is 1. The molecule has 1 atom stereocenters. The Morgan fingerprint density at radius 1 is 1.33 bits per heavy atom. The first kappa shape index (κ1) is 22.6. The molecule has 0 bridgehead atoms. The number of sulfonamides is 1. The number of nitrogens with one attached hydrogen (secondary N) is 2. The highest BCUT2D eigenvalue weighted by atomic mass is 32.2. The first-order valence-corrected chi connectivity index (χ1v) is 11.9. The summed E-state index contributed by atoms with van der Waals surface area (Å²) in [5, 5.41) is 6.44. The van der Waals surface area contributed by atoms with Gasteiger partial charge in [0.2, 0.25) is 10.0 Å². The highest BCUT2D eigenvalue weighted by Gasteiger charge is 2.30. The molecule has 2 aromatic carbocycles. The zero-order chi connectivity index (χ0) is 23.9. The Bertz CT molecular complexity index is 1400. The standard InChI is InChI=1S/C22H22FN5O4S/c1-12-16-8-17-19(9-18(16)28(33(3,30)31)11-15(27-12)10-26-24)32-21(20(17)22(29)25-2)13-4-6-14(23)7-5-13/h4-9,12,24H,10-11H2,1-3H3,(H,25,29). The van der Waals surface area contributed by atoms with E-state index in [1.807, 2.05) is 0 Å². The van der Waals surface area contributed by atoms with Gasteiger partial charge in [-0.2, -0.15) is 5.11 Å². The Labute approximate surface area is 189 Å². The third-order valence-corrected chi connectivity index (χ3v) is 6.61. The summed E-state index contributed by atoms with van der Waals surface area (Å²) in [5.41, 5.74) is 9.65. The SMILES string of the molecule is CNC(=O)c1c(-c2ccc(F)cc2)oc2cc3c(cc12)C(C)N=C(CN=N)CN3S(C)(=O)=O. The van der Waals surface area contributed by atoms with Crippen molar-refractivity contribution in [3.63, 3.8) is 0 Å². The number of hydrogen-bond donors (Lipinski definition) is 2. The minimum Gasteiger partial charge on any atom is -0.455 e. The van der Waals surface area contributed by atoms with E-state index in [-0.39, 0.29) is 24.4 Å². The molecule has 1 aliphatic rings. The van der Waals surface area contributed by atoms with Crippen molar-refractivity contribution >= 4 is 38.3 Å². The molecule has 4 rings (SSSR count). The molecule has 11 heteroatoms. The van der Waals surface area contributed by atoms with Gasteiger partial charge < -0.3 is 9.73 Å². The van der Waals surface area contributed by atoms with Crippen LogP contribution in [0.2, 0.25) is 0 Å². The molecule has 0 saturated carbocycles. The monoisotopic (exact) mass is 471 g/mol. The predicted molar refractivity (Wildman–Crippen MR) is 123 cm³/mol. The second-order valence-electron chi connectivity index (χ2n) is 7.76. The van der Waals surface area contributed by atoms with Crippen LogP contribution in [0.5, 0.6) is 0 Å². The quantitative estimate of drug-likeness (QED) is 0.547. The zero-order valence-electron chi connectivity index (χ0n) is 18.2. The van der Waals surface area contributed by atoms with Gasteiger partial charge in [-0.05, 0) is 37.3 Å². The van der Waals surface area contributed by atoms with Gasteiger partial charge in [0.05, 0.1) is 42.3 Å². The van der Waals surface area contributed by atoms with Gasteiger partial charge >= 0.3 is 0 Å². The van der Waals surface area contributed by atoms with Crippen LogP contribution in [0.4, 0.5) is 10.1 Å². The second kappa shape index (κ2) is 8.39. The number of furan rings is 1. The Balaban J connectivity index is 2.02. The maximum absolute atomic E-state index is 13.5. The number of hydrogen-bond acceptors (Lipinski definition) is 7. The fourth-order valence-electron chi connectivity index (χ4n) is 3.97. The van der Waals surface area contributed by atoms with Crippen molar-refractivity contribution in [3.8, 4) is 11.3 Å². The number of carbonyl (C=O) groups excluding carboxylic acids is 1. The number of fused-ring (bicyclic) bond motifs is 2. The van der Waals surface area contributed by atoms with Crippen LogP contribution in [0.3, 0.4) is 0 Å². The summed E-state index contributed by atoms with van der Waals surface area (Å²) < 4.78 is 46.0. The fourth-order valence-corrected chi connectivity index (χ4v) is 4.87. The van der Waals surface area contributed by atoms with Gasteiger partial charge in [-0.15, -0.1) is 0 Å². The molecule has 9 nitrogen and oxygen atoms in total. The van der Waals surface area contributed by atoms with E-state index in [1.165, 1.54) is 35.6 Å². The molecular formula is C22H22FN5O4S. The third kappa shape index (κ3) is 4.11. The Morgan fingerprint density at radius 2 is 2.03 bits per heavy atom. The van der Waals surface area contributed by atoms with E-state index in [4.69, 9.17) is 9.95 Å². The smallest absolute Gasteiger partial charge is 0.255 e. The molecule has 0 spiro atoms. The summed E-state index contributed by atoms with van der Waals surface area (Å²) in [6.07, 6.45) is 1.09. The zero-order valence-corrected chi connectivity index (χ0v) is 19.0.